The Kier molecular flexibility index (Phi) is 6.83. The van der Waals surface area contributed by atoms with Crippen molar-refractivity contribution in [2.24, 2.45) is 5.41 Å². The van der Waals surface area contributed by atoms with Crippen LogP contribution in [0.5, 0.6) is 0 Å². The molecule has 0 spiro atoms. The SMILES string of the molecule is CC(C)(C)C(=O)Nc1ccc(NC(=O)c2cccc(S(=O)(=O)Nc3ccccc3F)c2)cc1. The van der Waals surface area contributed by atoms with Gasteiger partial charge in [0.05, 0.1) is 10.6 Å². The van der Waals surface area contributed by atoms with Crippen LogP contribution in [0.4, 0.5) is 21.5 Å². The van der Waals surface area contributed by atoms with Crippen LogP contribution in [0, 0.1) is 11.2 Å². The molecular weight excluding hydrogens is 445 g/mol. The second kappa shape index (κ2) is 9.41. The van der Waals surface area contributed by atoms with E-state index in [-0.39, 0.29) is 22.1 Å². The van der Waals surface area contributed by atoms with Gasteiger partial charge in [-0.2, -0.15) is 0 Å². The van der Waals surface area contributed by atoms with Gasteiger partial charge in [-0.3, -0.25) is 14.3 Å². The summed E-state index contributed by atoms with van der Waals surface area (Å²) in [5.41, 5.74) is 0.425. The molecule has 33 heavy (non-hydrogen) atoms. The van der Waals surface area contributed by atoms with Crippen molar-refractivity contribution in [2.75, 3.05) is 15.4 Å². The standard InChI is InChI=1S/C24H24FN3O4S/c1-24(2,3)23(30)27-18-13-11-17(12-14-18)26-22(29)16-7-6-8-19(15-16)33(31,32)28-21-10-5-4-9-20(21)25/h4-15,28H,1-3H3,(H,26,29)(H,27,30). The second-order valence-electron chi connectivity index (χ2n) is 8.35. The molecule has 3 rings (SSSR count). The van der Waals surface area contributed by atoms with Gasteiger partial charge in [0.1, 0.15) is 5.82 Å². The minimum Gasteiger partial charge on any atom is -0.326 e. The minimum absolute atomic E-state index is 0.108. The third-order valence-corrected chi connectivity index (χ3v) is 5.97. The summed E-state index contributed by atoms with van der Waals surface area (Å²) in [5, 5.41) is 5.47. The van der Waals surface area contributed by atoms with Crippen LogP contribution in [0.15, 0.2) is 77.7 Å². The van der Waals surface area contributed by atoms with Crippen LogP contribution in [0.2, 0.25) is 0 Å². The molecule has 9 heteroatoms. The maximum absolute atomic E-state index is 13.8. The van der Waals surface area contributed by atoms with Gasteiger partial charge >= 0.3 is 0 Å². The smallest absolute Gasteiger partial charge is 0.262 e. The maximum Gasteiger partial charge on any atom is 0.262 e. The first kappa shape index (κ1) is 23.9. The molecule has 0 bridgehead atoms. The summed E-state index contributed by atoms with van der Waals surface area (Å²) in [7, 11) is -4.10. The largest absolute Gasteiger partial charge is 0.326 e. The average molecular weight is 470 g/mol. The summed E-state index contributed by atoms with van der Waals surface area (Å²) in [5.74, 6) is -1.37. The molecular formula is C24H24FN3O4S. The van der Waals surface area contributed by atoms with Crippen molar-refractivity contribution in [1.82, 2.24) is 0 Å². The van der Waals surface area contributed by atoms with E-state index in [1.807, 2.05) is 0 Å². The van der Waals surface area contributed by atoms with Gasteiger partial charge in [0.15, 0.2) is 0 Å². The predicted octanol–water partition coefficient (Wildman–Crippen LogP) is 4.86. The Morgan fingerprint density at radius 1 is 0.818 bits per heavy atom. The monoisotopic (exact) mass is 469 g/mol. The molecule has 3 aromatic carbocycles. The summed E-state index contributed by atoms with van der Waals surface area (Å²) in [6, 6.07) is 17.4. The Bertz CT molecular complexity index is 1280. The van der Waals surface area contributed by atoms with Crippen molar-refractivity contribution in [3.05, 3.63) is 84.2 Å². The Hall–Kier alpha value is -3.72. The number of benzene rings is 3. The molecule has 172 valence electrons. The number of nitrogens with one attached hydrogen (secondary N) is 3. The summed E-state index contributed by atoms with van der Waals surface area (Å²) >= 11 is 0. The van der Waals surface area contributed by atoms with E-state index in [9.17, 15) is 22.4 Å². The molecule has 0 aliphatic heterocycles. The average Bonchev–Trinajstić information content (AvgIpc) is 2.76. The van der Waals surface area contributed by atoms with Gasteiger partial charge in [-0.15, -0.1) is 0 Å². The third-order valence-electron chi connectivity index (χ3n) is 4.61. The first-order valence-electron chi connectivity index (χ1n) is 10.1. The number of hydrogen-bond acceptors (Lipinski definition) is 4. The zero-order chi connectivity index (χ0) is 24.2. The van der Waals surface area contributed by atoms with Gasteiger partial charge in [-0.05, 0) is 54.6 Å². The first-order chi connectivity index (χ1) is 15.5. The molecule has 7 nitrogen and oxygen atoms in total. The van der Waals surface area contributed by atoms with E-state index in [2.05, 4.69) is 15.4 Å². The Morgan fingerprint density at radius 3 is 2.03 bits per heavy atom. The van der Waals surface area contributed by atoms with Gasteiger partial charge < -0.3 is 10.6 Å². The molecule has 0 saturated heterocycles. The maximum atomic E-state index is 13.8. The molecule has 0 fully saturated rings. The predicted molar refractivity (Wildman–Crippen MR) is 126 cm³/mol. The quantitative estimate of drug-likeness (QED) is 0.479. The minimum atomic E-state index is -4.10. The third kappa shape index (κ3) is 6.17. The van der Waals surface area contributed by atoms with Crippen molar-refractivity contribution in [3.63, 3.8) is 0 Å². The fraction of sp³-hybridized carbons (Fsp3) is 0.167. The number of carbonyl (C=O) groups is 2. The van der Waals surface area contributed by atoms with Crippen molar-refractivity contribution in [2.45, 2.75) is 25.7 Å². The van der Waals surface area contributed by atoms with Crippen molar-refractivity contribution < 1.29 is 22.4 Å². The summed E-state index contributed by atoms with van der Waals surface area (Å²) in [6.07, 6.45) is 0. The highest BCUT2D eigenvalue weighted by atomic mass is 32.2. The van der Waals surface area contributed by atoms with Gasteiger partial charge in [0, 0.05) is 22.4 Å². The van der Waals surface area contributed by atoms with Gasteiger partial charge in [0.2, 0.25) is 5.91 Å². The highest BCUT2D eigenvalue weighted by molar-refractivity contribution is 7.92. The van der Waals surface area contributed by atoms with E-state index < -0.39 is 27.2 Å². The number of halogens is 1. The fourth-order valence-corrected chi connectivity index (χ4v) is 3.82. The number of sulfonamides is 1. The zero-order valence-electron chi connectivity index (χ0n) is 18.3. The van der Waals surface area contributed by atoms with Crippen LogP contribution >= 0.6 is 0 Å². The van der Waals surface area contributed by atoms with E-state index in [1.54, 1.807) is 45.0 Å². The van der Waals surface area contributed by atoms with Crippen LogP contribution in [0.25, 0.3) is 0 Å². The van der Waals surface area contributed by atoms with Crippen LogP contribution in [-0.4, -0.2) is 20.2 Å². The lowest BCUT2D eigenvalue weighted by atomic mass is 9.95. The lowest BCUT2D eigenvalue weighted by Gasteiger charge is -2.17. The highest BCUT2D eigenvalue weighted by Gasteiger charge is 2.21. The normalized spacial score (nSPS) is 11.5. The van der Waals surface area contributed by atoms with Gasteiger partial charge in [-0.1, -0.05) is 39.0 Å². The molecule has 0 unspecified atom stereocenters. The van der Waals surface area contributed by atoms with E-state index >= 15 is 0 Å². The molecule has 3 aromatic rings. The molecule has 0 radical (unpaired) electrons. The molecule has 0 saturated carbocycles. The number of amides is 2. The van der Waals surface area contributed by atoms with E-state index in [0.29, 0.717) is 11.4 Å². The van der Waals surface area contributed by atoms with Crippen LogP contribution < -0.4 is 15.4 Å². The lowest BCUT2D eigenvalue weighted by molar-refractivity contribution is -0.123. The highest BCUT2D eigenvalue weighted by Crippen LogP contribution is 2.21. The molecule has 0 heterocycles. The topological polar surface area (TPSA) is 104 Å². The van der Waals surface area contributed by atoms with Crippen LogP contribution in [-0.2, 0) is 14.8 Å². The number of para-hydroxylation sites is 1. The second-order valence-corrected chi connectivity index (χ2v) is 10.0. The zero-order valence-corrected chi connectivity index (χ0v) is 19.2. The van der Waals surface area contributed by atoms with Gasteiger partial charge in [-0.25, -0.2) is 12.8 Å². The fourth-order valence-electron chi connectivity index (χ4n) is 2.71. The van der Waals surface area contributed by atoms with E-state index in [0.717, 1.165) is 6.07 Å². The Morgan fingerprint density at radius 2 is 1.42 bits per heavy atom. The van der Waals surface area contributed by atoms with Crippen molar-refractivity contribution in [1.29, 1.82) is 0 Å². The number of hydrogen-bond donors (Lipinski definition) is 3. The molecule has 0 aliphatic rings. The summed E-state index contributed by atoms with van der Waals surface area (Å²) in [4.78, 5) is 24.5. The number of anilines is 3. The van der Waals surface area contributed by atoms with Gasteiger partial charge in [0.25, 0.3) is 15.9 Å². The van der Waals surface area contributed by atoms with E-state index in [1.165, 1.54) is 42.5 Å². The van der Waals surface area contributed by atoms with Crippen LogP contribution in [0.3, 0.4) is 0 Å². The summed E-state index contributed by atoms with van der Waals surface area (Å²) in [6.45, 7) is 5.41. The molecule has 0 atom stereocenters. The number of carbonyl (C=O) groups excluding carboxylic acids is 2. The molecule has 0 aliphatic carbocycles. The number of rotatable bonds is 6. The van der Waals surface area contributed by atoms with Crippen LogP contribution in [0.1, 0.15) is 31.1 Å². The Balaban J connectivity index is 1.72. The van der Waals surface area contributed by atoms with Crippen molar-refractivity contribution >= 4 is 38.9 Å². The molecule has 2 amide bonds. The lowest BCUT2D eigenvalue weighted by Crippen LogP contribution is -2.27. The summed E-state index contributed by atoms with van der Waals surface area (Å²) < 4.78 is 41.3. The molecule has 0 aromatic heterocycles. The Labute approximate surface area is 192 Å². The molecule has 3 N–H and O–H groups in total. The first-order valence-corrected chi connectivity index (χ1v) is 11.5. The van der Waals surface area contributed by atoms with Crippen molar-refractivity contribution in [3.8, 4) is 0 Å². The van der Waals surface area contributed by atoms with E-state index in [4.69, 9.17) is 0 Å².